The molecule has 1 unspecified atom stereocenters. The number of amides is 1. The van der Waals surface area contributed by atoms with Gasteiger partial charge in [0.1, 0.15) is 0 Å². The van der Waals surface area contributed by atoms with Gasteiger partial charge < -0.3 is 15.4 Å². The minimum atomic E-state index is -0.464. The first-order valence-electron chi connectivity index (χ1n) is 6.26. The molecule has 0 saturated carbocycles. The van der Waals surface area contributed by atoms with E-state index in [2.05, 4.69) is 20.3 Å². The summed E-state index contributed by atoms with van der Waals surface area (Å²) in [5.41, 5.74) is 0.181. The molecule has 0 radical (unpaired) electrons. The Kier molecular flexibility index (Phi) is 4.94. The molecule has 0 aliphatic carbocycles. The molecule has 1 atom stereocenters. The van der Waals surface area contributed by atoms with Crippen molar-refractivity contribution >= 4 is 23.4 Å². The fraction of sp³-hybridized carbons (Fsp3) is 0.231. The fourth-order valence-corrected chi connectivity index (χ4v) is 2.50. The minimum Gasteiger partial charge on any atom is -0.493 e. The summed E-state index contributed by atoms with van der Waals surface area (Å²) in [6.45, 7) is 1.85. The zero-order chi connectivity index (χ0) is 15.2. The van der Waals surface area contributed by atoms with Crippen LogP contribution in [0.2, 0.25) is 0 Å². The molecular formula is C13H14N4O3S. The van der Waals surface area contributed by atoms with Crippen molar-refractivity contribution in [3.8, 4) is 5.88 Å². The van der Waals surface area contributed by atoms with Gasteiger partial charge in [0.2, 0.25) is 11.8 Å². The highest BCUT2D eigenvalue weighted by Crippen LogP contribution is 2.23. The molecule has 0 fully saturated rings. The van der Waals surface area contributed by atoms with Crippen LogP contribution in [0.1, 0.15) is 13.3 Å². The van der Waals surface area contributed by atoms with E-state index < -0.39 is 10.8 Å². The van der Waals surface area contributed by atoms with E-state index in [1.54, 1.807) is 24.5 Å². The van der Waals surface area contributed by atoms with Crippen LogP contribution in [0.3, 0.4) is 0 Å². The number of hydrogen-bond donors (Lipinski definition) is 3. The van der Waals surface area contributed by atoms with Gasteiger partial charge in [0.15, 0.2) is 5.16 Å². The highest BCUT2D eigenvalue weighted by atomic mass is 32.2. The summed E-state index contributed by atoms with van der Waals surface area (Å²) in [5.74, 6) is -0.578. The van der Waals surface area contributed by atoms with Crippen LogP contribution in [-0.4, -0.2) is 31.2 Å². The predicted octanol–water partition coefficient (Wildman–Crippen LogP) is 1.38. The standard InChI is InChI=1S/C13H14N4O3S/c1-2-9(12(20)15-8-3-5-14-6-4-8)21-13-16-10(18)7-11(19)17-13/h3-7,9H,2H2,1H3,(H,14,15,20)(H2,16,17,18,19). The smallest absolute Gasteiger partial charge is 0.255 e. The third kappa shape index (κ3) is 4.32. The maximum absolute atomic E-state index is 12.2. The van der Waals surface area contributed by atoms with Crippen LogP contribution in [0.25, 0.3) is 0 Å². The van der Waals surface area contributed by atoms with E-state index in [1.807, 2.05) is 6.92 Å². The average Bonchev–Trinajstić information content (AvgIpc) is 2.44. The highest BCUT2D eigenvalue weighted by molar-refractivity contribution is 8.00. The van der Waals surface area contributed by atoms with Gasteiger partial charge in [0.05, 0.1) is 11.3 Å². The van der Waals surface area contributed by atoms with Gasteiger partial charge in [-0.2, -0.15) is 4.98 Å². The average molecular weight is 306 g/mol. The molecule has 1 amide bonds. The molecule has 2 aromatic rings. The maximum Gasteiger partial charge on any atom is 0.255 e. The van der Waals surface area contributed by atoms with E-state index in [-0.39, 0.29) is 16.9 Å². The van der Waals surface area contributed by atoms with Gasteiger partial charge in [-0.25, -0.2) is 0 Å². The molecule has 0 bridgehead atoms. The van der Waals surface area contributed by atoms with Crippen LogP contribution in [0.4, 0.5) is 5.69 Å². The first kappa shape index (κ1) is 15.0. The number of nitrogens with zero attached hydrogens (tertiary/aromatic N) is 2. The Labute approximate surface area is 124 Å². The van der Waals surface area contributed by atoms with Crippen molar-refractivity contribution in [3.05, 3.63) is 40.9 Å². The van der Waals surface area contributed by atoms with Gasteiger partial charge in [-0.1, -0.05) is 18.7 Å². The summed E-state index contributed by atoms with van der Waals surface area (Å²) in [6, 6.07) is 4.34. The van der Waals surface area contributed by atoms with Gasteiger partial charge >= 0.3 is 0 Å². The van der Waals surface area contributed by atoms with Crippen molar-refractivity contribution in [2.24, 2.45) is 0 Å². The van der Waals surface area contributed by atoms with Crippen molar-refractivity contribution < 1.29 is 9.90 Å². The molecule has 2 rings (SSSR count). The van der Waals surface area contributed by atoms with Crippen molar-refractivity contribution in [1.82, 2.24) is 15.0 Å². The Morgan fingerprint density at radius 1 is 1.48 bits per heavy atom. The number of anilines is 1. The number of aromatic amines is 1. The molecule has 0 saturated heterocycles. The number of nitrogens with one attached hydrogen (secondary N) is 2. The molecule has 8 heteroatoms. The van der Waals surface area contributed by atoms with Crippen LogP contribution >= 0.6 is 11.8 Å². The first-order valence-corrected chi connectivity index (χ1v) is 7.14. The van der Waals surface area contributed by atoms with Crippen molar-refractivity contribution in [1.29, 1.82) is 0 Å². The molecule has 7 nitrogen and oxygen atoms in total. The first-order chi connectivity index (χ1) is 10.1. The lowest BCUT2D eigenvalue weighted by Gasteiger charge is -2.13. The lowest BCUT2D eigenvalue weighted by atomic mass is 10.3. The number of pyridine rings is 1. The lowest BCUT2D eigenvalue weighted by Crippen LogP contribution is -2.25. The second-order valence-electron chi connectivity index (χ2n) is 4.15. The molecule has 2 aromatic heterocycles. The van der Waals surface area contributed by atoms with Crippen molar-refractivity contribution in [2.45, 2.75) is 23.8 Å². The van der Waals surface area contributed by atoms with Crippen LogP contribution in [-0.2, 0) is 4.79 Å². The third-order valence-electron chi connectivity index (χ3n) is 2.57. The summed E-state index contributed by atoms with van der Waals surface area (Å²) in [4.78, 5) is 33.6. The van der Waals surface area contributed by atoms with Crippen LogP contribution < -0.4 is 10.9 Å². The summed E-state index contributed by atoms with van der Waals surface area (Å²) in [6.07, 6.45) is 3.71. The Bertz CT molecular complexity index is 675. The molecule has 110 valence electrons. The van der Waals surface area contributed by atoms with E-state index in [9.17, 15) is 14.7 Å². The number of thioether (sulfide) groups is 1. The number of carbonyl (C=O) groups is 1. The zero-order valence-corrected chi connectivity index (χ0v) is 12.1. The number of aromatic hydroxyl groups is 1. The molecule has 3 N–H and O–H groups in total. The van der Waals surface area contributed by atoms with Gasteiger partial charge in [0, 0.05) is 18.1 Å². The molecule has 21 heavy (non-hydrogen) atoms. The molecule has 0 aliphatic rings. The second kappa shape index (κ2) is 6.89. The Hall–Kier alpha value is -2.35. The van der Waals surface area contributed by atoms with Crippen LogP contribution in [0.5, 0.6) is 5.88 Å². The molecule has 0 aromatic carbocycles. The third-order valence-corrected chi connectivity index (χ3v) is 3.82. The monoisotopic (exact) mass is 306 g/mol. The minimum absolute atomic E-state index is 0.205. The van der Waals surface area contributed by atoms with E-state index in [0.29, 0.717) is 12.1 Å². The van der Waals surface area contributed by atoms with Gasteiger partial charge in [-0.05, 0) is 18.6 Å². The number of H-pyrrole nitrogens is 1. The summed E-state index contributed by atoms with van der Waals surface area (Å²) in [5, 5.41) is 11.8. The van der Waals surface area contributed by atoms with E-state index in [1.165, 1.54) is 0 Å². The number of hydrogen-bond acceptors (Lipinski definition) is 6. The summed E-state index contributed by atoms with van der Waals surface area (Å²) < 4.78 is 0. The summed E-state index contributed by atoms with van der Waals surface area (Å²) in [7, 11) is 0. The molecule has 0 aliphatic heterocycles. The number of rotatable bonds is 5. The SMILES string of the molecule is CCC(Sc1nc(O)cc(=O)[nH]1)C(=O)Nc1ccncc1. The second-order valence-corrected chi connectivity index (χ2v) is 5.34. The lowest BCUT2D eigenvalue weighted by molar-refractivity contribution is -0.115. The Morgan fingerprint density at radius 2 is 2.19 bits per heavy atom. The van der Waals surface area contributed by atoms with Crippen molar-refractivity contribution in [2.75, 3.05) is 5.32 Å². The topological polar surface area (TPSA) is 108 Å². The molecule has 0 spiro atoms. The van der Waals surface area contributed by atoms with Gasteiger partial charge in [-0.3, -0.25) is 14.6 Å². The zero-order valence-electron chi connectivity index (χ0n) is 11.2. The van der Waals surface area contributed by atoms with Crippen molar-refractivity contribution in [3.63, 3.8) is 0 Å². The number of aromatic nitrogens is 3. The van der Waals surface area contributed by atoms with Crippen LogP contribution in [0, 0.1) is 0 Å². The highest BCUT2D eigenvalue weighted by Gasteiger charge is 2.19. The van der Waals surface area contributed by atoms with Crippen LogP contribution in [0.15, 0.2) is 40.5 Å². The maximum atomic E-state index is 12.2. The van der Waals surface area contributed by atoms with E-state index in [4.69, 9.17) is 0 Å². The molecular weight excluding hydrogens is 292 g/mol. The fourth-order valence-electron chi connectivity index (χ4n) is 1.59. The number of carbonyl (C=O) groups excluding carboxylic acids is 1. The van der Waals surface area contributed by atoms with E-state index in [0.717, 1.165) is 17.8 Å². The quantitative estimate of drug-likeness (QED) is 0.569. The Balaban J connectivity index is 2.08. The largest absolute Gasteiger partial charge is 0.493 e. The van der Waals surface area contributed by atoms with Gasteiger partial charge in [-0.15, -0.1) is 0 Å². The predicted molar refractivity (Wildman–Crippen MR) is 79.3 cm³/mol. The van der Waals surface area contributed by atoms with E-state index >= 15 is 0 Å². The Morgan fingerprint density at radius 3 is 2.81 bits per heavy atom. The molecule has 2 heterocycles. The normalized spacial score (nSPS) is 11.9. The summed E-state index contributed by atoms with van der Waals surface area (Å²) >= 11 is 1.09. The van der Waals surface area contributed by atoms with Gasteiger partial charge in [0.25, 0.3) is 5.56 Å².